The molecule has 0 amide bonds. The van der Waals surface area contributed by atoms with Crippen LogP contribution in [0.2, 0.25) is 0 Å². The van der Waals surface area contributed by atoms with Crippen molar-refractivity contribution in [3.63, 3.8) is 0 Å². The first-order chi connectivity index (χ1) is 12.9. The summed E-state index contributed by atoms with van der Waals surface area (Å²) >= 11 is 0. The SMILES string of the molecule is Cc1cc(F)ccc1S(=O)(=O)NCC(C)N1CCN(c2ccccc2)CC1. The van der Waals surface area contributed by atoms with E-state index in [-0.39, 0.29) is 10.9 Å². The van der Waals surface area contributed by atoms with Crippen LogP contribution >= 0.6 is 0 Å². The van der Waals surface area contributed by atoms with Gasteiger partial charge in [-0.25, -0.2) is 17.5 Å². The number of nitrogens with zero attached hydrogens (tertiary/aromatic N) is 2. The second-order valence-electron chi connectivity index (χ2n) is 6.97. The van der Waals surface area contributed by atoms with E-state index in [0.717, 1.165) is 26.2 Å². The van der Waals surface area contributed by atoms with E-state index in [1.807, 2.05) is 25.1 Å². The molecule has 1 N–H and O–H groups in total. The summed E-state index contributed by atoms with van der Waals surface area (Å²) in [5.41, 5.74) is 1.63. The van der Waals surface area contributed by atoms with Gasteiger partial charge < -0.3 is 4.90 Å². The number of para-hydroxylation sites is 1. The number of hydrogen-bond acceptors (Lipinski definition) is 4. The van der Waals surface area contributed by atoms with Gasteiger partial charge in [-0.15, -0.1) is 0 Å². The summed E-state index contributed by atoms with van der Waals surface area (Å²) in [7, 11) is -3.65. The Labute approximate surface area is 160 Å². The highest BCUT2D eigenvalue weighted by molar-refractivity contribution is 7.89. The van der Waals surface area contributed by atoms with Crippen LogP contribution in [0.15, 0.2) is 53.4 Å². The van der Waals surface area contributed by atoms with Crippen LogP contribution in [0.3, 0.4) is 0 Å². The third-order valence-electron chi connectivity index (χ3n) is 5.05. The standard InChI is InChI=1S/C20H26FN3O2S/c1-16-14-18(21)8-9-20(16)27(25,26)22-15-17(2)23-10-12-24(13-11-23)19-6-4-3-5-7-19/h3-9,14,17,22H,10-13,15H2,1-2H3. The highest BCUT2D eigenvalue weighted by Gasteiger charge is 2.23. The van der Waals surface area contributed by atoms with Gasteiger partial charge in [0.15, 0.2) is 0 Å². The Morgan fingerprint density at radius 3 is 2.37 bits per heavy atom. The quantitative estimate of drug-likeness (QED) is 0.823. The summed E-state index contributed by atoms with van der Waals surface area (Å²) in [4.78, 5) is 4.76. The highest BCUT2D eigenvalue weighted by atomic mass is 32.2. The molecule has 27 heavy (non-hydrogen) atoms. The summed E-state index contributed by atoms with van der Waals surface area (Å²) in [5.74, 6) is -0.434. The van der Waals surface area contributed by atoms with Gasteiger partial charge in [-0.05, 0) is 49.7 Å². The second-order valence-corrected chi connectivity index (χ2v) is 8.70. The smallest absolute Gasteiger partial charge is 0.240 e. The molecule has 0 radical (unpaired) electrons. The molecule has 0 spiro atoms. The zero-order valence-electron chi connectivity index (χ0n) is 15.7. The van der Waals surface area contributed by atoms with Crippen molar-refractivity contribution >= 4 is 15.7 Å². The Bertz CT molecular complexity index is 866. The summed E-state index contributed by atoms with van der Waals surface area (Å²) in [5, 5.41) is 0. The average Bonchev–Trinajstić information content (AvgIpc) is 2.67. The zero-order chi connectivity index (χ0) is 19.4. The topological polar surface area (TPSA) is 52.7 Å². The van der Waals surface area contributed by atoms with Crippen molar-refractivity contribution in [1.82, 2.24) is 9.62 Å². The maximum atomic E-state index is 13.2. The fraction of sp³-hybridized carbons (Fsp3) is 0.400. The minimum Gasteiger partial charge on any atom is -0.369 e. The number of halogens is 1. The Balaban J connectivity index is 1.54. The molecular formula is C20H26FN3O2S. The fourth-order valence-corrected chi connectivity index (χ4v) is 4.76. The van der Waals surface area contributed by atoms with E-state index < -0.39 is 15.8 Å². The normalized spacial score (nSPS) is 17.1. The summed E-state index contributed by atoms with van der Waals surface area (Å²) in [6.45, 7) is 7.55. The molecule has 1 unspecified atom stereocenters. The van der Waals surface area contributed by atoms with Gasteiger partial charge in [0.2, 0.25) is 10.0 Å². The van der Waals surface area contributed by atoms with Gasteiger partial charge in [-0.3, -0.25) is 4.90 Å². The van der Waals surface area contributed by atoms with Gasteiger partial charge in [0.05, 0.1) is 4.90 Å². The van der Waals surface area contributed by atoms with E-state index in [2.05, 4.69) is 26.7 Å². The molecule has 0 saturated carbocycles. The number of piperazine rings is 1. The summed E-state index contributed by atoms with van der Waals surface area (Å²) in [6, 6.07) is 14.1. The lowest BCUT2D eigenvalue weighted by Gasteiger charge is -2.39. The number of benzene rings is 2. The van der Waals surface area contributed by atoms with Gasteiger partial charge in [0, 0.05) is 44.5 Å². The molecule has 0 aliphatic carbocycles. The molecule has 1 atom stereocenters. The molecular weight excluding hydrogens is 365 g/mol. The molecule has 3 rings (SSSR count). The van der Waals surface area contributed by atoms with Crippen LogP contribution in [-0.4, -0.2) is 52.1 Å². The Hall–Kier alpha value is -1.96. The molecule has 2 aromatic rings. The maximum Gasteiger partial charge on any atom is 0.240 e. The molecule has 0 bridgehead atoms. The van der Waals surface area contributed by atoms with Crippen molar-refractivity contribution in [3.8, 4) is 0 Å². The zero-order valence-corrected chi connectivity index (χ0v) is 16.5. The van der Waals surface area contributed by atoms with Crippen LogP contribution in [0.5, 0.6) is 0 Å². The van der Waals surface area contributed by atoms with E-state index in [1.165, 1.54) is 23.9 Å². The van der Waals surface area contributed by atoms with E-state index in [9.17, 15) is 12.8 Å². The van der Waals surface area contributed by atoms with Crippen LogP contribution < -0.4 is 9.62 Å². The molecule has 1 heterocycles. The minimum atomic E-state index is -3.65. The number of nitrogens with one attached hydrogen (secondary N) is 1. The molecule has 0 aromatic heterocycles. The summed E-state index contributed by atoms with van der Waals surface area (Å²) in [6.07, 6.45) is 0. The van der Waals surface area contributed by atoms with Crippen LogP contribution in [-0.2, 0) is 10.0 Å². The van der Waals surface area contributed by atoms with E-state index in [4.69, 9.17) is 0 Å². The number of sulfonamides is 1. The monoisotopic (exact) mass is 391 g/mol. The highest BCUT2D eigenvalue weighted by Crippen LogP contribution is 2.18. The lowest BCUT2D eigenvalue weighted by Crippen LogP contribution is -2.52. The van der Waals surface area contributed by atoms with Gasteiger partial charge in [-0.2, -0.15) is 0 Å². The maximum absolute atomic E-state index is 13.2. The van der Waals surface area contributed by atoms with Crippen molar-refractivity contribution in [2.45, 2.75) is 24.8 Å². The second kappa shape index (κ2) is 8.37. The number of hydrogen-bond donors (Lipinski definition) is 1. The fourth-order valence-electron chi connectivity index (χ4n) is 3.41. The van der Waals surface area contributed by atoms with Gasteiger partial charge in [0.25, 0.3) is 0 Å². The summed E-state index contributed by atoms with van der Waals surface area (Å²) < 4.78 is 40.9. The van der Waals surface area contributed by atoms with Crippen LogP contribution in [0, 0.1) is 12.7 Å². The predicted octanol–water partition coefficient (Wildman–Crippen LogP) is 2.62. The molecule has 5 nitrogen and oxygen atoms in total. The van der Waals surface area contributed by atoms with Gasteiger partial charge >= 0.3 is 0 Å². The van der Waals surface area contributed by atoms with Crippen molar-refractivity contribution in [3.05, 3.63) is 59.9 Å². The third kappa shape index (κ3) is 4.86. The number of aryl methyl sites for hydroxylation is 1. The van der Waals surface area contributed by atoms with Crippen LogP contribution in [0.25, 0.3) is 0 Å². The molecule has 2 aromatic carbocycles. The average molecular weight is 392 g/mol. The number of anilines is 1. The minimum absolute atomic E-state index is 0.0819. The first-order valence-electron chi connectivity index (χ1n) is 9.17. The lowest BCUT2D eigenvalue weighted by molar-refractivity contribution is 0.198. The molecule has 1 aliphatic heterocycles. The Morgan fingerprint density at radius 1 is 1.07 bits per heavy atom. The van der Waals surface area contributed by atoms with Crippen LogP contribution in [0.1, 0.15) is 12.5 Å². The number of rotatable bonds is 6. The van der Waals surface area contributed by atoms with E-state index in [1.54, 1.807) is 6.92 Å². The third-order valence-corrected chi connectivity index (χ3v) is 6.64. The molecule has 146 valence electrons. The predicted molar refractivity (Wildman–Crippen MR) is 106 cm³/mol. The molecule has 1 aliphatic rings. The Morgan fingerprint density at radius 2 is 1.74 bits per heavy atom. The van der Waals surface area contributed by atoms with Crippen molar-refractivity contribution < 1.29 is 12.8 Å². The van der Waals surface area contributed by atoms with E-state index in [0.29, 0.717) is 12.1 Å². The first-order valence-corrected chi connectivity index (χ1v) is 10.6. The van der Waals surface area contributed by atoms with Crippen LogP contribution in [0.4, 0.5) is 10.1 Å². The van der Waals surface area contributed by atoms with E-state index >= 15 is 0 Å². The molecule has 1 fully saturated rings. The van der Waals surface area contributed by atoms with Crippen molar-refractivity contribution in [2.75, 3.05) is 37.6 Å². The molecule has 7 heteroatoms. The van der Waals surface area contributed by atoms with Crippen molar-refractivity contribution in [1.29, 1.82) is 0 Å². The Kier molecular flexibility index (Phi) is 6.14. The van der Waals surface area contributed by atoms with Gasteiger partial charge in [0.1, 0.15) is 5.82 Å². The van der Waals surface area contributed by atoms with Gasteiger partial charge in [-0.1, -0.05) is 18.2 Å². The first kappa shape index (κ1) is 19.8. The lowest BCUT2D eigenvalue weighted by atomic mass is 10.2. The van der Waals surface area contributed by atoms with Crippen molar-refractivity contribution in [2.24, 2.45) is 0 Å². The largest absolute Gasteiger partial charge is 0.369 e. The molecule has 1 saturated heterocycles.